The predicted molar refractivity (Wildman–Crippen MR) is 118 cm³/mol. The molecule has 0 spiro atoms. The first-order valence-corrected chi connectivity index (χ1v) is 12.8. The zero-order valence-electron chi connectivity index (χ0n) is 16.0. The molecule has 0 aliphatic carbocycles. The lowest BCUT2D eigenvalue weighted by Crippen LogP contribution is -2.46. The summed E-state index contributed by atoms with van der Waals surface area (Å²) in [5, 5.41) is 0. The Kier molecular flexibility index (Phi) is 10.2. The van der Waals surface area contributed by atoms with E-state index in [0.717, 1.165) is 73.9 Å². The van der Waals surface area contributed by atoms with Crippen LogP contribution in [0.5, 0.6) is 0 Å². The molecule has 0 aromatic carbocycles. The number of hydrogen-bond acceptors (Lipinski definition) is 10. The molecule has 2 heterocycles. The summed E-state index contributed by atoms with van der Waals surface area (Å²) >= 11 is 2.51. The summed E-state index contributed by atoms with van der Waals surface area (Å²) < 4.78 is 4.20. The molecule has 2 fully saturated rings. The van der Waals surface area contributed by atoms with Crippen LogP contribution in [0.1, 0.15) is 27.7 Å². The molecule has 0 unspecified atom stereocenters. The van der Waals surface area contributed by atoms with Gasteiger partial charge < -0.3 is 0 Å². The van der Waals surface area contributed by atoms with Crippen LogP contribution in [0, 0.1) is 0 Å². The first-order valence-electron chi connectivity index (χ1n) is 9.11. The second kappa shape index (κ2) is 11.5. The van der Waals surface area contributed by atoms with Crippen LogP contribution in [0.25, 0.3) is 0 Å². The third-order valence-electron chi connectivity index (χ3n) is 4.59. The van der Waals surface area contributed by atoms with Crippen molar-refractivity contribution in [2.75, 3.05) is 52.4 Å². The third kappa shape index (κ3) is 7.90. The molecule has 10 heteroatoms. The van der Waals surface area contributed by atoms with E-state index in [0.29, 0.717) is 12.1 Å². The first kappa shape index (κ1) is 22.9. The second-order valence-corrected chi connectivity index (χ2v) is 11.7. The van der Waals surface area contributed by atoms with E-state index >= 15 is 0 Å². The molecule has 0 bridgehead atoms. The minimum Gasteiger partial charge on any atom is -0.298 e. The molecule has 150 valence electrons. The van der Waals surface area contributed by atoms with Crippen LogP contribution < -0.4 is 0 Å². The smallest absolute Gasteiger partial charge is 0.272 e. The molecular formula is C16H30N4O2S4. The molecule has 0 aromatic rings. The molecule has 0 saturated carbocycles. The fourth-order valence-electron chi connectivity index (χ4n) is 2.93. The van der Waals surface area contributed by atoms with E-state index in [-0.39, 0.29) is 8.89 Å². The van der Waals surface area contributed by atoms with Gasteiger partial charge >= 0.3 is 0 Å². The van der Waals surface area contributed by atoms with Gasteiger partial charge in [-0.1, -0.05) is 0 Å². The van der Waals surface area contributed by atoms with E-state index in [2.05, 4.69) is 46.1 Å². The van der Waals surface area contributed by atoms with Gasteiger partial charge in [-0.3, -0.25) is 19.4 Å². The third-order valence-corrected chi connectivity index (χ3v) is 9.23. The molecule has 2 aliphatic rings. The van der Waals surface area contributed by atoms with Crippen molar-refractivity contribution < 1.29 is 9.59 Å². The number of rotatable bonds is 4. The fraction of sp³-hybridized carbons (Fsp3) is 0.875. The van der Waals surface area contributed by atoms with Crippen molar-refractivity contribution in [1.29, 1.82) is 0 Å². The Morgan fingerprint density at radius 1 is 0.615 bits per heavy atom. The van der Waals surface area contributed by atoms with Gasteiger partial charge in [-0.05, 0) is 27.7 Å². The molecule has 6 nitrogen and oxygen atoms in total. The van der Waals surface area contributed by atoms with Gasteiger partial charge in [-0.15, -0.1) is 0 Å². The summed E-state index contributed by atoms with van der Waals surface area (Å²) in [5.41, 5.74) is 0. The van der Waals surface area contributed by atoms with Crippen LogP contribution in [0.15, 0.2) is 0 Å². The van der Waals surface area contributed by atoms with E-state index < -0.39 is 0 Å². The molecular weight excluding hydrogens is 408 g/mol. The van der Waals surface area contributed by atoms with E-state index in [9.17, 15) is 9.59 Å². The fourth-order valence-corrected chi connectivity index (χ4v) is 6.63. The van der Waals surface area contributed by atoms with Crippen molar-refractivity contribution in [2.45, 2.75) is 39.8 Å². The first-order chi connectivity index (χ1) is 12.3. The lowest BCUT2D eigenvalue weighted by molar-refractivity contribution is 0.160. The highest BCUT2D eigenvalue weighted by Crippen LogP contribution is 2.36. The quantitative estimate of drug-likeness (QED) is 0.476. The Labute approximate surface area is 174 Å². The van der Waals surface area contributed by atoms with Gasteiger partial charge in [-0.2, -0.15) is 0 Å². The molecule has 2 rings (SSSR count). The SMILES string of the molecule is CC(C)N1CCN(SC(=O)SSC(=O)SN2CCN(C(C)C)CC2)CC1. The van der Waals surface area contributed by atoms with Crippen LogP contribution in [0.4, 0.5) is 9.59 Å². The van der Waals surface area contributed by atoms with Crippen molar-refractivity contribution in [3.05, 3.63) is 0 Å². The van der Waals surface area contributed by atoms with E-state index in [1.165, 1.54) is 23.9 Å². The van der Waals surface area contributed by atoms with Gasteiger partial charge in [0.1, 0.15) is 0 Å². The number of carbonyl (C=O) groups excluding carboxylic acids is 2. The highest BCUT2D eigenvalue weighted by molar-refractivity contribution is 8.93. The summed E-state index contributed by atoms with van der Waals surface area (Å²) in [7, 11) is 2.11. The highest BCUT2D eigenvalue weighted by Gasteiger charge is 2.24. The van der Waals surface area contributed by atoms with E-state index in [1.54, 1.807) is 0 Å². The molecule has 2 saturated heterocycles. The molecule has 26 heavy (non-hydrogen) atoms. The number of nitrogens with zero attached hydrogens (tertiary/aromatic N) is 4. The summed E-state index contributed by atoms with van der Waals surface area (Å²) in [5.74, 6) is 0. The molecule has 0 aromatic heterocycles. The summed E-state index contributed by atoms with van der Waals surface area (Å²) in [4.78, 5) is 29.1. The Morgan fingerprint density at radius 2 is 0.923 bits per heavy atom. The summed E-state index contributed by atoms with van der Waals surface area (Å²) in [6.45, 7) is 16.3. The summed E-state index contributed by atoms with van der Waals surface area (Å²) in [6.07, 6.45) is 0. The predicted octanol–water partition coefficient (Wildman–Crippen LogP) is 3.96. The van der Waals surface area contributed by atoms with Gasteiger partial charge in [0.25, 0.3) is 8.89 Å². The molecule has 2 aliphatic heterocycles. The molecule has 0 atom stereocenters. The normalized spacial score (nSPS) is 21.6. The average Bonchev–Trinajstić information content (AvgIpc) is 2.61. The zero-order chi connectivity index (χ0) is 19.1. The maximum atomic E-state index is 12.1. The zero-order valence-corrected chi connectivity index (χ0v) is 19.3. The van der Waals surface area contributed by atoms with Gasteiger partial charge in [0.05, 0.1) is 0 Å². The summed E-state index contributed by atoms with van der Waals surface area (Å²) in [6, 6.07) is 1.11. The van der Waals surface area contributed by atoms with Crippen molar-refractivity contribution in [3.8, 4) is 0 Å². The number of hydrogen-bond donors (Lipinski definition) is 0. The van der Waals surface area contributed by atoms with Gasteiger partial charge in [-0.25, -0.2) is 8.61 Å². The standard InChI is InChI=1S/C16H30N4O2S4/c1-13(2)17-5-9-19(10-6-17)23-15(21)25-26-16(22)24-20-11-7-18(8-12-20)14(3)4/h13-14H,5-12H2,1-4H3. The van der Waals surface area contributed by atoms with Gasteiger partial charge in [0, 0.05) is 110 Å². The Balaban J connectivity index is 1.58. The maximum absolute atomic E-state index is 12.1. The minimum absolute atomic E-state index is 0.00780. The van der Waals surface area contributed by atoms with Crippen molar-refractivity contribution >= 4 is 54.4 Å². The second-order valence-electron chi connectivity index (χ2n) is 6.97. The highest BCUT2D eigenvalue weighted by atomic mass is 33.1. The largest absolute Gasteiger partial charge is 0.298 e. The van der Waals surface area contributed by atoms with Crippen LogP contribution in [0.2, 0.25) is 0 Å². The van der Waals surface area contributed by atoms with Crippen molar-refractivity contribution in [1.82, 2.24) is 18.4 Å². The van der Waals surface area contributed by atoms with Crippen LogP contribution in [-0.2, 0) is 0 Å². The van der Waals surface area contributed by atoms with E-state index in [1.807, 2.05) is 0 Å². The molecule has 0 amide bonds. The lowest BCUT2D eigenvalue weighted by Gasteiger charge is -2.35. The Hall–Kier alpha value is 0.580. The van der Waals surface area contributed by atoms with Gasteiger partial charge in [0.15, 0.2) is 0 Å². The Morgan fingerprint density at radius 3 is 1.19 bits per heavy atom. The van der Waals surface area contributed by atoms with Crippen LogP contribution in [-0.4, -0.2) is 91.7 Å². The van der Waals surface area contributed by atoms with Crippen molar-refractivity contribution in [3.63, 3.8) is 0 Å². The average molecular weight is 439 g/mol. The van der Waals surface area contributed by atoms with Crippen LogP contribution >= 0.6 is 45.5 Å². The van der Waals surface area contributed by atoms with Gasteiger partial charge in [0.2, 0.25) is 0 Å². The number of piperazine rings is 2. The molecule has 0 radical (unpaired) electrons. The Bertz CT molecular complexity index is 423. The topological polar surface area (TPSA) is 47.1 Å². The minimum atomic E-state index is -0.00780. The van der Waals surface area contributed by atoms with E-state index in [4.69, 9.17) is 0 Å². The number of carbonyl (C=O) groups is 2. The monoisotopic (exact) mass is 438 g/mol. The maximum Gasteiger partial charge on any atom is 0.272 e. The van der Waals surface area contributed by atoms with Crippen molar-refractivity contribution in [2.24, 2.45) is 0 Å². The van der Waals surface area contributed by atoms with Crippen LogP contribution in [0.3, 0.4) is 0 Å². The molecule has 0 N–H and O–H groups in total. The lowest BCUT2D eigenvalue weighted by atomic mass is 10.3.